The second-order valence-electron chi connectivity index (χ2n) is 4.13. The summed E-state index contributed by atoms with van der Waals surface area (Å²) in [6.07, 6.45) is 9.01. The number of rotatable bonds is 4. The molecule has 1 heterocycles. The van der Waals surface area contributed by atoms with Crippen molar-refractivity contribution < 1.29 is 0 Å². The molecule has 1 aromatic heterocycles. The average molecular weight is 210 g/mol. The van der Waals surface area contributed by atoms with Crippen LogP contribution >= 0.6 is 11.3 Å². The van der Waals surface area contributed by atoms with Crippen LogP contribution in [0.5, 0.6) is 0 Å². The van der Waals surface area contributed by atoms with Gasteiger partial charge in [-0.25, -0.2) is 0 Å². The third-order valence-corrected chi connectivity index (χ3v) is 4.08. The van der Waals surface area contributed by atoms with Crippen LogP contribution in [0, 0.1) is 5.92 Å². The Morgan fingerprint density at radius 2 is 2.36 bits per heavy atom. The van der Waals surface area contributed by atoms with E-state index in [4.69, 9.17) is 0 Å². The molecule has 0 amide bonds. The van der Waals surface area contributed by atoms with Gasteiger partial charge in [0.05, 0.1) is 5.51 Å². The van der Waals surface area contributed by atoms with Crippen LogP contribution in [0.15, 0.2) is 11.7 Å². The van der Waals surface area contributed by atoms with Gasteiger partial charge in [0.15, 0.2) is 0 Å². The predicted molar refractivity (Wildman–Crippen MR) is 60.5 cm³/mol. The summed E-state index contributed by atoms with van der Waals surface area (Å²) in [7, 11) is 2.05. The molecule has 0 bridgehead atoms. The Morgan fingerprint density at radius 1 is 1.57 bits per heavy atom. The first-order valence-electron chi connectivity index (χ1n) is 5.46. The molecule has 78 valence electrons. The van der Waals surface area contributed by atoms with Crippen LogP contribution in [0.4, 0.5) is 0 Å². The van der Waals surface area contributed by atoms with Crippen molar-refractivity contribution in [3.05, 3.63) is 16.6 Å². The summed E-state index contributed by atoms with van der Waals surface area (Å²) in [6.45, 7) is 0. The second-order valence-corrected chi connectivity index (χ2v) is 5.05. The maximum Gasteiger partial charge on any atom is 0.0794 e. The number of thiazole rings is 1. The van der Waals surface area contributed by atoms with Crippen LogP contribution in [-0.4, -0.2) is 12.0 Å². The fourth-order valence-corrected chi connectivity index (χ4v) is 3.10. The largest absolute Gasteiger partial charge is 0.312 e. The molecule has 1 saturated carbocycles. The predicted octanol–water partition coefficient (Wildman–Crippen LogP) is 2.98. The SMILES string of the molecule is CNC(CC1CCCC1)c1cncs1. The molecule has 1 aromatic rings. The van der Waals surface area contributed by atoms with Gasteiger partial charge < -0.3 is 5.32 Å². The minimum Gasteiger partial charge on any atom is -0.312 e. The van der Waals surface area contributed by atoms with Crippen LogP contribution in [-0.2, 0) is 0 Å². The lowest BCUT2D eigenvalue weighted by Gasteiger charge is -2.18. The van der Waals surface area contributed by atoms with Gasteiger partial charge >= 0.3 is 0 Å². The first kappa shape index (κ1) is 10.1. The maximum atomic E-state index is 4.14. The minimum absolute atomic E-state index is 0.533. The zero-order valence-electron chi connectivity index (χ0n) is 8.70. The molecule has 0 aliphatic heterocycles. The lowest BCUT2D eigenvalue weighted by atomic mass is 9.98. The van der Waals surface area contributed by atoms with E-state index in [9.17, 15) is 0 Å². The molecular formula is C11H18N2S. The fraction of sp³-hybridized carbons (Fsp3) is 0.727. The standard InChI is InChI=1S/C11H18N2S/c1-12-10(11-7-13-8-14-11)6-9-4-2-3-5-9/h7-10,12H,2-6H2,1H3. The van der Waals surface area contributed by atoms with Crippen molar-refractivity contribution in [2.24, 2.45) is 5.92 Å². The Bertz CT molecular complexity index is 252. The number of nitrogens with one attached hydrogen (secondary N) is 1. The smallest absolute Gasteiger partial charge is 0.0794 e. The van der Waals surface area contributed by atoms with E-state index in [1.165, 1.54) is 37.0 Å². The molecular weight excluding hydrogens is 192 g/mol. The molecule has 1 aliphatic carbocycles. The van der Waals surface area contributed by atoms with Gasteiger partial charge in [-0.1, -0.05) is 25.7 Å². The molecule has 0 radical (unpaired) electrons. The summed E-state index contributed by atoms with van der Waals surface area (Å²) in [5.41, 5.74) is 1.92. The van der Waals surface area contributed by atoms with E-state index in [2.05, 4.69) is 17.3 Å². The summed E-state index contributed by atoms with van der Waals surface area (Å²) in [5, 5.41) is 3.40. The molecule has 2 nitrogen and oxygen atoms in total. The van der Waals surface area contributed by atoms with E-state index in [0.29, 0.717) is 6.04 Å². The number of hydrogen-bond donors (Lipinski definition) is 1. The van der Waals surface area contributed by atoms with Gasteiger partial charge in [0.25, 0.3) is 0 Å². The van der Waals surface area contributed by atoms with Crippen LogP contribution in [0.1, 0.15) is 43.0 Å². The van der Waals surface area contributed by atoms with E-state index >= 15 is 0 Å². The van der Waals surface area contributed by atoms with Gasteiger partial charge in [0.2, 0.25) is 0 Å². The Balaban J connectivity index is 1.93. The Morgan fingerprint density at radius 3 is 2.93 bits per heavy atom. The van der Waals surface area contributed by atoms with Crippen molar-refractivity contribution in [1.82, 2.24) is 10.3 Å². The summed E-state index contributed by atoms with van der Waals surface area (Å²) in [4.78, 5) is 5.53. The van der Waals surface area contributed by atoms with Gasteiger partial charge in [-0.3, -0.25) is 4.98 Å². The van der Waals surface area contributed by atoms with Crippen LogP contribution in [0.25, 0.3) is 0 Å². The minimum atomic E-state index is 0.533. The first-order chi connectivity index (χ1) is 6.90. The zero-order chi connectivity index (χ0) is 9.80. The van der Waals surface area contributed by atoms with Crippen molar-refractivity contribution in [3.63, 3.8) is 0 Å². The molecule has 2 rings (SSSR count). The first-order valence-corrected chi connectivity index (χ1v) is 6.33. The normalized spacial score (nSPS) is 20.1. The van der Waals surface area contributed by atoms with Gasteiger partial charge in [-0.15, -0.1) is 11.3 Å². The highest BCUT2D eigenvalue weighted by Gasteiger charge is 2.20. The number of hydrogen-bond acceptors (Lipinski definition) is 3. The topological polar surface area (TPSA) is 24.9 Å². The Labute approximate surface area is 89.8 Å². The summed E-state index contributed by atoms with van der Waals surface area (Å²) in [5.74, 6) is 0.939. The molecule has 1 N–H and O–H groups in total. The van der Waals surface area contributed by atoms with E-state index in [0.717, 1.165) is 5.92 Å². The zero-order valence-corrected chi connectivity index (χ0v) is 9.52. The third kappa shape index (κ3) is 2.34. The monoisotopic (exact) mass is 210 g/mol. The van der Waals surface area contributed by atoms with Crippen molar-refractivity contribution >= 4 is 11.3 Å². The summed E-state index contributed by atoms with van der Waals surface area (Å²) < 4.78 is 0. The molecule has 14 heavy (non-hydrogen) atoms. The molecule has 3 heteroatoms. The van der Waals surface area contributed by atoms with Crippen molar-refractivity contribution in [2.45, 2.75) is 38.1 Å². The fourth-order valence-electron chi connectivity index (χ4n) is 2.35. The van der Waals surface area contributed by atoms with Gasteiger partial charge in [-0.2, -0.15) is 0 Å². The molecule has 0 spiro atoms. The molecule has 1 atom stereocenters. The second kappa shape index (κ2) is 4.89. The van der Waals surface area contributed by atoms with E-state index < -0.39 is 0 Å². The van der Waals surface area contributed by atoms with Crippen molar-refractivity contribution in [3.8, 4) is 0 Å². The van der Waals surface area contributed by atoms with E-state index in [1.54, 1.807) is 11.3 Å². The third-order valence-electron chi connectivity index (χ3n) is 3.19. The highest BCUT2D eigenvalue weighted by atomic mass is 32.1. The highest BCUT2D eigenvalue weighted by molar-refractivity contribution is 7.09. The highest BCUT2D eigenvalue weighted by Crippen LogP contribution is 2.33. The number of nitrogens with zero attached hydrogens (tertiary/aromatic N) is 1. The molecule has 0 saturated heterocycles. The molecule has 0 aromatic carbocycles. The lowest BCUT2D eigenvalue weighted by Crippen LogP contribution is -2.18. The van der Waals surface area contributed by atoms with Gasteiger partial charge in [0, 0.05) is 17.1 Å². The average Bonchev–Trinajstić information content (AvgIpc) is 2.86. The molecule has 1 unspecified atom stereocenters. The molecule has 1 fully saturated rings. The van der Waals surface area contributed by atoms with Crippen LogP contribution in [0.2, 0.25) is 0 Å². The van der Waals surface area contributed by atoms with E-state index in [-0.39, 0.29) is 0 Å². The van der Waals surface area contributed by atoms with E-state index in [1.807, 2.05) is 11.7 Å². The van der Waals surface area contributed by atoms with Crippen molar-refractivity contribution in [1.29, 1.82) is 0 Å². The Hall–Kier alpha value is -0.410. The van der Waals surface area contributed by atoms with Gasteiger partial charge in [-0.05, 0) is 19.4 Å². The quantitative estimate of drug-likeness (QED) is 0.826. The van der Waals surface area contributed by atoms with Gasteiger partial charge in [0.1, 0.15) is 0 Å². The summed E-state index contributed by atoms with van der Waals surface area (Å²) >= 11 is 1.77. The van der Waals surface area contributed by atoms with Crippen molar-refractivity contribution in [2.75, 3.05) is 7.05 Å². The number of aromatic nitrogens is 1. The summed E-state index contributed by atoms with van der Waals surface area (Å²) in [6, 6.07) is 0.533. The van der Waals surface area contributed by atoms with Crippen LogP contribution in [0.3, 0.4) is 0 Å². The maximum absolute atomic E-state index is 4.14. The Kier molecular flexibility index (Phi) is 3.54. The molecule has 1 aliphatic rings. The lowest BCUT2D eigenvalue weighted by molar-refractivity contribution is 0.417. The van der Waals surface area contributed by atoms with Crippen LogP contribution < -0.4 is 5.32 Å².